The van der Waals surface area contributed by atoms with E-state index in [1.54, 1.807) is 12.1 Å². The first-order valence-corrected chi connectivity index (χ1v) is 9.79. The van der Waals surface area contributed by atoms with Crippen LogP contribution in [0.25, 0.3) is 0 Å². The molecule has 0 aromatic heterocycles. The van der Waals surface area contributed by atoms with Gasteiger partial charge in [-0.1, -0.05) is 40.9 Å². The fraction of sp³-hybridized carbons (Fsp3) is 0.350. The highest BCUT2D eigenvalue weighted by Crippen LogP contribution is 2.26. The van der Waals surface area contributed by atoms with Gasteiger partial charge in [-0.15, -0.1) is 0 Å². The Morgan fingerprint density at radius 1 is 1.15 bits per heavy atom. The van der Waals surface area contributed by atoms with Crippen LogP contribution in [-0.4, -0.2) is 23.9 Å². The first-order chi connectivity index (χ1) is 12.4. The van der Waals surface area contributed by atoms with Crippen LogP contribution >= 0.6 is 34.8 Å². The van der Waals surface area contributed by atoms with Gasteiger partial charge >= 0.3 is 0 Å². The molecule has 138 valence electrons. The van der Waals surface area contributed by atoms with E-state index in [9.17, 15) is 4.79 Å². The number of piperidine rings is 1. The molecule has 1 atom stereocenters. The minimum absolute atomic E-state index is 0.0371. The summed E-state index contributed by atoms with van der Waals surface area (Å²) in [6.07, 6.45) is 1.88. The van der Waals surface area contributed by atoms with E-state index in [1.165, 1.54) is 0 Å². The molecule has 0 unspecified atom stereocenters. The standard InChI is InChI=1S/C20H21Cl3N2O/c1-13-9-16(21)6-7-19(13)24-20(26)15-3-2-8-25(12-15)11-14-4-5-17(22)10-18(14)23/h4-7,9-10,15H,2-3,8,11-12H2,1H3,(H,24,26)/t15-/m0/s1. The number of carbonyl (C=O) groups is 1. The number of likely N-dealkylation sites (tertiary alicyclic amines) is 1. The number of nitrogens with zero attached hydrogens (tertiary/aromatic N) is 1. The van der Waals surface area contributed by atoms with E-state index < -0.39 is 0 Å². The summed E-state index contributed by atoms with van der Waals surface area (Å²) in [5, 5.41) is 5.01. The van der Waals surface area contributed by atoms with Crippen molar-refractivity contribution in [1.29, 1.82) is 0 Å². The zero-order chi connectivity index (χ0) is 18.7. The van der Waals surface area contributed by atoms with Gasteiger partial charge in [0.15, 0.2) is 0 Å². The van der Waals surface area contributed by atoms with Crippen LogP contribution < -0.4 is 5.32 Å². The molecule has 0 bridgehead atoms. The molecule has 1 amide bonds. The number of benzene rings is 2. The second-order valence-electron chi connectivity index (χ2n) is 6.76. The normalized spacial score (nSPS) is 17.9. The third-order valence-electron chi connectivity index (χ3n) is 4.73. The summed E-state index contributed by atoms with van der Waals surface area (Å²) in [6, 6.07) is 11.1. The van der Waals surface area contributed by atoms with Crippen LogP contribution in [0.3, 0.4) is 0 Å². The Labute approximate surface area is 169 Å². The number of hydrogen-bond donors (Lipinski definition) is 1. The van der Waals surface area contributed by atoms with Crippen molar-refractivity contribution in [3.05, 3.63) is 62.6 Å². The minimum atomic E-state index is -0.0371. The lowest BCUT2D eigenvalue weighted by molar-refractivity contribution is -0.121. The van der Waals surface area contributed by atoms with Gasteiger partial charge in [0.1, 0.15) is 0 Å². The first kappa shape index (κ1) is 19.5. The van der Waals surface area contributed by atoms with E-state index in [0.29, 0.717) is 15.1 Å². The van der Waals surface area contributed by atoms with Crippen molar-refractivity contribution in [1.82, 2.24) is 4.90 Å². The van der Waals surface area contributed by atoms with E-state index in [0.717, 1.165) is 49.3 Å². The number of anilines is 1. The van der Waals surface area contributed by atoms with E-state index in [2.05, 4.69) is 10.2 Å². The summed E-state index contributed by atoms with van der Waals surface area (Å²) in [6.45, 7) is 4.34. The average molecular weight is 412 g/mol. The van der Waals surface area contributed by atoms with Crippen LogP contribution in [0, 0.1) is 12.8 Å². The van der Waals surface area contributed by atoms with Crippen LogP contribution in [0.2, 0.25) is 15.1 Å². The number of hydrogen-bond acceptors (Lipinski definition) is 2. The quantitative estimate of drug-likeness (QED) is 0.689. The SMILES string of the molecule is Cc1cc(Cl)ccc1NC(=O)[C@H]1CCCN(Cc2ccc(Cl)cc2Cl)C1. The predicted molar refractivity (Wildman–Crippen MR) is 109 cm³/mol. The average Bonchev–Trinajstić information content (AvgIpc) is 2.60. The summed E-state index contributed by atoms with van der Waals surface area (Å²) in [7, 11) is 0. The molecule has 1 heterocycles. The molecule has 1 N–H and O–H groups in total. The number of carbonyl (C=O) groups excluding carboxylic acids is 1. The summed E-state index contributed by atoms with van der Waals surface area (Å²) >= 11 is 18.2. The van der Waals surface area contributed by atoms with E-state index >= 15 is 0 Å². The first-order valence-electron chi connectivity index (χ1n) is 8.65. The van der Waals surface area contributed by atoms with Gasteiger partial charge in [-0.05, 0) is 67.8 Å². The van der Waals surface area contributed by atoms with Crippen LogP contribution in [0.4, 0.5) is 5.69 Å². The zero-order valence-electron chi connectivity index (χ0n) is 14.6. The Morgan fingerprint density at radius 2 is 1.88 bits per heavy atom. The molecule has 2 aromatic carbocycles. The maximum absolute atomic E-state index is 12.7. The highest BCUT2D eigenvalue weighted by atomic mass is 35.5. The summed E-state index contributed by atoms with van der Waals surface area (Å²) in [5.74, 6) is 0.0206. The maximum Gasteiger partial charge on any atom is 0.228 e. The topological polar surface area (TPSA) is 32.3 Å². The Hall–Kier alpha value is -1.26. The molecule has 1 saturated heterocycles. The maximum atomic E-state index is 12.7. The van der Waals surface area contributed by atoms with Gasteiger partial charge in [0.25, 0.3) is 0 Å². The third-order valence-corrected chi connectivity index (χ3v) is 5.55. The second kappa shape index (κ2) is 8.62. The van der Waals surface area contributed by atoms with Gasteiger partial charge in [-0.25, -0.2) is 0 Å². The van der Waals surface area contributed by atoms with E-state index in [1.807, 2.05) is 31.2 Å². The van der Waals surface area contributed by atoms with Gasteiger partial charge in [0.2, 0.25) is 5.91 Å². The summed E-state index contributed by atoms with van der Waals surface area (Å²) < 4.78 is 0. The molecule has 0 radical (unpaired) electrons. The van der Waals surface area contributed by atoms with Crippen molar-refractivity contribution in [3.8, 4) is 0 Å². The van der Waals surface area contributed by atoms with Gasteiger partial charge < -0.3 is 5.32 Å². The predicted octanol–water partition coefficient (Wildman–Crippen LogP) is 5.81. The molecule has 1 aliphatic rings. The fourth-order valence-corrected chi connectivity index (χ4v) is 4.00. The lowest BCUT2D eigenvalue weighted by atomic mass is 9.96. The molecule has 1 aliphatic heterocycles. The van der Waals surface area contributed by atoms with Crippen molar-refractivity contribution in [3.63, 3.8) is 0 Å². The lowest BCUT2D eigenvalue weighted by Gasteiger charge is -2.32. The number of rotatable bonds is 4. The highest BCUT2D eigenvalue weighted by molar-refractivity contribution is 6.35. The zero-order valence-corrected chi connectivity index (χ0v) is 16.8. The molecular weight excluding hydrogens is 391 g/mol. The van der Waals surface area contributed by atoms with Gasteiger partial charge in [-0.2, -0.15) is 0 Å². The Balaban J connectivity index is 1.63. The third kappa shape index (κ3) is 4.92. The monoisotopic (exact) mass is 410 g/mol. The van der Waals surface area contributed by atoms with Crippen molar-refractivity contribution >= 4 is 46.4 Å². The Bertz CT molecular complexity index is 810. The Morgan fingerprint density at radius 3 is 2.62 bits per heavy atom. The number of amides is 1. The molecule has 26 heavy (non-hydrogen) atoms. The van der Waals surface area contributed by atoms with Crippen molar-refractivity contribution in [2.75, 3.05) is 18.4 Å². The summed E-state index contributed by atoms with van der Waals surface area (Å²) in [4.78, 5) is 15.0. The van der Waals surface area contributed by atoms with Crippen LogP contribution in [0.1, 0.15) is 24.0 Å². The smallest absolute Gasteiger partial charge is 0.228 e. The van der Waals surface area contributed by atoms with Crippen LogP contribution in [0.5, 0.6) is 0 Å². The molecule has 2 aromatic rings. The van der Waals surface area contributed by atoms with E-state index in [-0.39, 0.29) is 11.8 Å². The minimum Gasteiger partial charge on any atom is -0.326 e. The largest absolute Gasteiger partial charge is 0.326 e. The van der Waals surface area contributed by atoms with Crippen molar-refractivity contribution in [2.45, 2.75) is 26.3 Å². The number of nitrogens with one attached hydrogen (secondary N) is 1. The van der Waals surface area contributed by atoms with Crippen molar-refractivity contribution < 1.29 is 4.79 Å². The number of aryl methyl sites for hydroxylation is 1. The second-order valence-corrected chi connectivity index (χ2v) is 8.04. The number of halogens is 3. The summed E-state index contributed by atoms with van der Waals surface area (Å²) in [5.41, 5.74) is 2.81. The molecule has 1 fully saturated rings. The molecule has 0 saturated carbocycles. The van der Waals surface area contributed by atoms with Crippen LogP contribution in [-0.2, 0) is 11.3 Å². The molecular formula is C20H21Cl3N2O. The van der Waals surface area contributed by atoms with Gasteiger partial charge in [-0.3, -0.25) is 9.69 Å². The van der Waals surface area contributed by atoms with Crippen molar-refractivity contribution in [2.24, 2.45) is 5.92 Å². The fourth-order valence-electron chi connectivity index (χ4n) is 3.31. The van der Waals surface area contributed by atoms with Crippen LogP contribution in [0.15, 0.2) is 36.4 Å². The molecule has 3 rings (SSSR count). The molecule has 6 heteroatoms. The van der Waals surface area contributed by atoms with Gasteiger partial charge in [0, 0.05) is 33.8 Å². The molecule has 0 spiro atoms. The van der Waals surface area contributed by atoms with E-state index in [4.69, 9.17) is 34.8 Å². The molecule has 0 aliphatic carbocycles. The lowest BCUT2D eigenvalue weighted by Crippen LogP contribution is -2.40. The van der Waals surface area contributed by atoms with Gasteiger partial charge in [0.05, 0.1) is 5.92 Å². The molecule has 3 nitrogen and oxygen atoms in total. The highest BCUT2D eigenvalue weighted by Gasteiger charge is 2.26. The Kier molecular flexibility index (Phi) is 6.46.